The lowest BCUT2D eigenvalue weighted by Gasteiger charge is -2.65. The zero-order valence-electron chi connectivity index (χ0n) is 33.9. The summed E-state index contributed by atoms with van der Waals surface area (Å²) in [6, 6.07) is 65.6. The molecule has 0 N–H and O–H groups in total. The van der Waals surface area contributed by atoms with Gasteiger partial charge in [-0.3, -0.25) is 0 Å². The van der Waals surface area contributed by atoms with E-state index in [2.05, 4.69) is 176 Å². The summed E-state index contributed by atoms with van der Waals surface area (Å²) in [4.78, 5) is 16.3. The average Bonchev–Trinajstić information content (AvgIpc) is 3.61. The molecular weight excluding hydrogens is 739 g/mol. The third-order valence-electron chi connectivity index (χ3n) is 16.0. The average molecular weight is 782 g/mol. The molecule has 3 heteroatoms. The van der Waals surface area contributed by atoms with Crippen LogP contribution in [0.3, 0.4) is 0 Å². The molecule has 4 fully saturated rings. The number of rotatable bonds is 3. The molecule has 9 aromatic rings. The van der Waals surface area contributed by atoms with Crippen LogP contribution in [0.5, 0.6) is 0 Å². The quantitative estimate of drug-likeness (QED) is 0.179. The molecule has 1 aromatic heterocycles. The molecule has 6 aliphatic carbocycles. The van der Waals surface area contributed by atoms with E-state index in [0.717, 1.165) is 39.3 Å². The van der Waals surface area contributed by atoms with Crippen molar-refractivity contribution in [2.24, 2.45) is 23.7 Å². The van der Waals surface area contributed by atoms with Crippen molar-refractivity contribution in [1.82, 2.24) is 15.0 Å². The van der Waals surface area contributed by atoms with Crippen LogP contribution >= 0.6 is 0 Å². The van der Waals surface area contributed by atoms with Crippen LogP contribution in [-0.4, -0.2) is 15.0 Å². The molecule has 61 heavy (non-hydrogen) atoms. The van der Waals surface area contributed by atoms with Crippen molar-refractivity contribution in [3.63, 3.8) is 0 Å². The first-order chi connectivity index (χ1) is 30.2. The summed E-state index contributed by atoms with van der Waals surface area (Å²) in [5.41, 5.74) is 14.0. The van der Waals surface area contributed by atoms with Gasteiger partial charge in [-0.1, -0.05) is 170 Å². The van der Waals surface area contributed by atoms with Crippen LogP contribution < -0.4 is 0 Å². The summed E-state index contributed by atoms with van der Waals surface area (Å²) < 4.78 is 0. The molecule has 0 saturated heterocycles. The summed E-state index contributed by atoms with van der Waals surface area (Å²) in [6.07, 6.45) is 6.76. The highest BCUT2D eigenvalue weighted by Crippen LogP contribution is 2.71. The van der Waals surface area contributed by atoms with E-state index in [0.29, 0.717) is 29.3 Å². The third kappa shape index (κ3) is 4.46. The number of hydrogen-bond acceptors (Lipinski definition) is 3. The largest absolute Gasteiger partial charge is 0.208 e. The number of benzene rings is 8. The van der Waals surface area contributed by atoms with E-state index in [4.69, 9.17) is 15.0 Å². The fraction of sp³-hybridized carbons (Fsp3) is 0.190. The monoisotopic (exact) mass is 781 g/mol. The number of hydrogen-bond donors (Lipinski definition) is 0. The maximum absolute atomic E-state index is 5.48. The minimum absolute atomic E-state index is 0.0308. The van der Waals surface area contributed by atoms with E-state index in [1.165, 1.54) is 81.8 Å². The molecule has 6 aliphatic rings. The maximum atomic E-state index is 5.48. The van der Waals surface area contributed by atoms with Crippen LogP contribution in [0.4, 0.5) is 0 Å². The van der Waals surface area contributed by atoms with Crippen LogP contribution in [0, 0.1) is 23.7 Å². The van der Waals surface area contributed by atoms with Gasteiger partial charge in [0.25, 0.3) is 0 Å². The van der Waals surface area contributed by atoms with Crippen LogP contribution in [0.25, 0.3) is 66.8 Å². The summed E-state index contributed by atoms with van der Waals surface area (Å²) >= 11 is 0. The maximum Gasteiger partial charge on any atom is 0.164 e. The fourth-order valence-electron chi connectivity index (χ4n) is 14.0. The molecule has 15 rings (SSSR count). The first-order valence-corrected chi connectivity index (χ1v) is 22.4. The minimum atomic E-state index is -0.487. The van der Waals surface area contributed by atoms with Crippen molar-refractivity contribution in [3.05, 3.63) is 209 Å². The Bertz CT molecular complexity index is 3120. The van der Waals surface area contributed by atoms with Gasteiger partial charge in [0.05, 0.1) is 5.41 Å². The van der Waals surface area contributed by atoms with E-state index in [1.807, 2.05) is 0 Å². The summed E-state index contributed by atoms with van der Waals surface area (Å²) in [5, 5.41) is 4.61. The van der Waals surface area contributed by atoms with Crippen molar-refractivity contribution in [2.45, 2.75) is 42.9 Å². The molecule has 0 radical (unpaired) electrons. The van der Waals surface area contributed by atoms with Crippen molar-refractivity contribution >= 4 is 21.5 Å². The lowest BCUT2D eigenvalue weighted by molar-refractivity contribution is -0.0440. The highest BCUT2D eigenvalue weighted by molar-refractivity contribution is 5.98. The lowest BCUT2D eigenvalue weighted by atomic mass is 9.38. The predicted molar refractivity (Wildman–Crippen MR) is 246 cm³/mol. The molecule has 4 saturated carbocycles. The molecule has 0 amide bonds. The molecular formula is C58H43N3. The van der Waals surface area contributed by atoms with Crippen molar-refractivity contribution in [1.29, 1.82) is 0 Å². The van der Waals surface area contributed by atoms with E-state index < -0.39 is 5.41 Å². The Balaban J connectivity index is 1.08. The second-order valence-electron chi connectivity index (χ2n) is 18.7. The van der Waals surface area contributed by atoms with Crippen molar-refractivity contribution in [3.8, 4) is 45.3 Å². The Hall–Kier alpha value is -6.71. The van der Waals surface area contributed by atoms with Gasteiger partial charge in [-0.15, -0.1) is 0 Å². The van der Waals surface area contributed by atoms with Gasteiger partial charge in [-0.25, -0.2) is 15.0 Å². The van der Waals surface area contributed by atoms with Crippen LogP contribution in [0.15, 0.2) is 176 Å². The smallest absolute Gasteiger partial charge is 0.164 e. The van der Waals surface area contributed by atoms with E-state index in [-0.39, 0.29) is 5.41 Å². The number of fused-ring (bicyclic) bond motifs is 11. The van der Waals surface area contributed by atoms with Crippen LogP contribution in [-0.2, 0) is 10.8 Å². The number of nitrogens with zero attached hydrogens (tertiary/aromatic N) is 3. The molecule has 4 bridgehead atoms. The SMILES string of the molecule is c1ccc2c(c1)-c1ccccc1C21c2ccccc2C2(c3ccc(-c4nc(-c5cccc6ccccc56)nc(-c5cccc6ccccc56)n4)cc31)C1CC3CC(C1)CC2C3. The molecule has 290 valence electrons. The van der Waals surface area contributed by atoms with E-state index in [1.54, 1.807) is 5.56 Å². The van der Waals surface area contributed by atoms with Gasteiger partial charge < -0.3 is 0 Å². The molecule has 1 heterocycles. The fourth-order valence-corrected chi connectivity index (χ4v) is 14.0. The Morgan fingerprint density at radius 3 is 1.38 bits per heavy atom. The van der Waals surface area contributed by atoms with Gasteiger partial charge in [0.15, 0.2) is 17.5 Å². The lowest BCUT2D eigenvalue weighted by Crippen LogP contribution is -2.59. The van der Waals surface area contributed by atoms with Crippen molar-refractivity contribution in [2.75, 3.05) is 0 Å². The first kappa shape index (κ1) is 34.0. The Morgan fingerprint density at radius 2 is 0.787 bits per heavy atom. The predicted octanol–water partition coefficient (Wildman–Crippen LogP) is 13.6. The summed E-state index contributed by atoms with van der Waals surface area (Å²) in [6.45, 7) is 0. The first-order valence-electron chi connectivity index (χ1n) is 22.4. The van der Waals surface area contributed by atoms with Gasteiger partial charge in [-0.05, 0) is 128 Å². The van der Waals surface area contributed by atoms with Gasteiger partial charge >= 0.3 is 0 Å². The van der Waals surface area contributed by atoms with Crippen LogP contribution in [0.1, 0.15) is 65.5 Å². The zero-order chi connectivity index (χ0) is 39.9. The van der Waals surface area contributed by atoms with Crippen LogP contribution in [0.2, 0.25) is 0 Å². The third-order valence-corrected chi connectivity index (χ3v) is 16.0. The molecule has 8 aromatic carbocycles. The van der Waals surface area contributed by atoms with E-state index in [9.17, 15) is 0 Å². The minimum Gasteiger partial charge on any atom is -0.208 e. The molecule has 3 nitrogen and oxygen atoms in total. The van der Waals surface area contributed by atoms with Gasteiger partial charge in [0, 0.05) is 22.1 Å². The standard InChI is InChI=1S/C58H43N3/c1-3-17-42-37(13-1)15-11-21-46(42)55-59-54(60-56(61-55)47-22-12-16-38-14-2-4-18-43(38)47)39-27-28-52-53(34-39)58(48-23-7-5-19-44(48)45-20-6-8-24-49(45)58)51-26-10-9-25-50(51)57(52)40-30-35-29-36(32-40)33-41(57)31-35/h1-28,34-36,40-41H,29-33H2. The molecule has 0 unspecified atom stereocenters. The van der Waals surface area contributed by atoms with E-state index >= 15 is 0 Å². The van der Waals surface area contributed by atoms with Crippen molar-refractivity contribution < 1.29 is 0 Å². The van der Waals surface area contributed by atoms with Gasteiger partial charge in [0.1, 0.15) is 0 Å². The second-order valence-corrected chi connectivity index (χ2v) is 18.7. The molecule has 2 spiro atoms. The van der Waals surface area contributed by atoms with Gasteiger partial charge in [-0.2, -0.15) is 0 Å². The summed E-state index contributed by atoms with van der Waals surface area (Å²) in [7, 11) is 0. The Morgan fingerprint density at radius 1 is 0.344 bits per heavy atom. The second kappa shape index (κ2) is 12.4. The zero-order valence-corrected chi connectivity index (χ0v) is 33.9. The molecule has 0 atom stereocenters. The Kier molecular flexibility index (Phi) is 6.94. The topological polar surface area (TPSA) is 38.7 Å². The van der Waals surface area contributed by atoms with Gasteiger partial charge in [0.2, 0.25) is 0 Å². The number of aromatic nitrogens is 3. The summed E-state index contributed by atoms with van der Waals surface area (Å²) in [5.74, 6) is 5.07. The normalized spacial score (nSPS) is 23.3. The highest BCUT2D eigenvalue weighted by atomic mass is 15.0. The highest BCUT2D eigenvalue weighted by Gasteiger charge is 2.64. The molecule has 0 aliphatic heterocycles. The Labute approximate surface area is 356 Å².